The largest absolute Gasteiger partial charge is 0.497 e. The number of ether oxygens (including phenoxy) is 1. The molecule has 1 saturated heterocycles. The van der Waals surface area contributed by atoms with E-state index >= 15 is 0 Å². The minimum atomic E-state index is -1.08. The first-order valence-electron chi connectivity index (χ1n) is 16.2. The summed E-state index contributed by atoms with van der Waals surface area (Å²) in [5.41, 5.74) is 1.13. The van der Waals surface area contributed by atoms with Crippen molar-refractivity contribution in [2.45, 2.75) is 84.5 Å². The van der Waals surface area contributed by atoms with Gasteiger partial charge in [-0.2, -0.15) is 0 Å². The second-order valence-electron chi connectivity index (χ2n) is 13.0. The number of halogens is 2. The van der Waals surface area contributed by atoms with Gasteiger partial charge in [0.05, 0.1) is 13.7 Å². The molecule has 0 unspecified atom stereocenters. The van der Waals surface area contributed by atoms with E-state index in [2.05, 4.69) is 21.3 Å². The fourth-order valence-electron chi connectivity index (χ4n) is 5.30. The van der Waals surface area contributed by atoms with E-state index in [9.17, 15) is 32.8 Å². The predicted molar refractivity (Wildman–Crippen MR) is 176 cm³/mol. The Hall–Kier alpha value is -4.55. The van der Waals surface area contributed by atoms with Crippen molar-refractivity contribution in [1.29, 1.82) is 0 Å². The van der Waals surface area contributed by atoms with Crippen LogP contribution in [0.3, 0.4) is 0 Å². The lowest BCUT2D eigenvalue weighted by Gasteiger charge is -2.31. The van der Waals surface area contributed by atoms with E-state index < -0.39 is 71.9 Å². The maximum atomic E-state index is 13.8. The van der Waals surface area contributed by atoms with Gasteiger partial charge in [-0.25, -0.2) is 8.78 Å². The molecule has 13 heteroatoms. The van der Waals surface area contributed by atoms with Gasteiger partial charge in [-0.05, 0) is 67.0 Å². The molecular formula is C35H47F2N5O6. The minimum Gasteiger partial charge on any atom is -0.497 e. The molecule has 0 radical (unpaired) electrons. The van der Waals surface area contributed by atoms with Crippen molar-refractivity contribution < 1.29 is 37.5 Å². The topological polar surface area (TPSA) is 146 Å². The SMILES string of the molecule is COc1ccc(C[C@@H]2NC(=O)[C@H](CC(C)C)NC(=O)CN(C(=O)CCc3ccc(F)c(F)c3)C[C@H](C(C)C)NC(=O)[C@@H](C)NC2=O)cc1. The van der Waals surface area contributed by atoms with Crippen molar-refractivity contribution in [3.8, 4) is 5.75 Å². The summed E-state index contributed by atoms with van der Waals surface area (Å²) in [6.07, 6.45) is 0.326. The Balaban J connectivity index is 1.92. The molecular weight excluding hydrogens is 624 g/mol. The first-order valence-corrected chi connectivity index (χ1v) is 16.2. The first kappa shape index (κ1) is 37.9. The first-order chi connectivity index (χ1) is 22.7. The highest BCUT2D eigenvalue weighted by molar-refractivity contribution is 5.95. The summed E-state index contributed by atoms with van der Waals surface area (Å²) in [7, 11) is 1.54. The Bertz CT molecular complexity index is 1450. The second-order valence-corrected chi connectivity index (χ2v) is 13.0. The maximum absolute atomic E-state index is 13.8. The molecule has 4 atom stereocenters. The van der Waals surface area contributed by atoms with Crippen molar-refractivity contribution >= 4 is 29.5 Å². The number of carbonyl (C=O) groups is 5. The molecule has 5 amide bonds. The van der Waals surface area contributed by atoms with Gasteiger partial charge in [0.25, 0.3) is 0 Å². The Morgan fingerprint density at radius 1 is 0.854 bits per heavy atom. The molecule has 2 aromatic rings. The van der Waals surface area contributed by atoms with Gasteiger partial charge < -0.3 is 30.9 Å². The van der Waals surface area contributed by atoms with Gasteiger partial charge in [-0.3, -0.25) is 24.0 Å². The molecule has 262 valence electrons. The second kappa shape index (κ2) is 17.6. The monoisotopic (exact) mass is 671 g/mol. The Kier molecular flexibility index (Phi) is 13.9. The third-order valence-electron chi connectivity index (χ3n) is 8.19. The van der Waals surface area contributed by atoms with E-state index in [0.29, 0.717) is 11.3 Å². The predicted octanol–water partition coefficient (Wildman–Crippen LogP) is 2.65. The van der Waals surface area contributed by atoms with Gasteiger partial charge in [0.2, 0.25) is 29.5 Å². The van der Waals surface area contributed by atoms with Gasteiger partial charge in [0.1, 0.15) is 23.9 Å². The van der Waals surface area contributed by atoms with Crippen LogP contribution in [0.15, 0.2) is 42.5 Å². The Labute approximate surface area is 280 Å². The molecule has 1 fully saturated rings. The lowest BCUT2D eigenvalue weighted by atomic mass is 10.0. The van der Waals surface area contributed by atoms with Crippen molar-refractivity contribution in [2.75, 3.05) is 20.2 Å². The highest BCUT2D eigenvalue weighted by Crippen LogP contribution is 2.16. The summed E-state index contributed by atoms with van der Waals surface area (Å²) < 4.78 is 32.4. The maximum Gasteiger partial charge on any atom is 0.243 e. The number of nitrogens with one attached hydrogen (secondary N) is 4. The number of carbonyl (C=O) groups excluding carboxylic acids is 5. The number of methoxy groups -OCH3 is 1. The molecule has 48 heavy (non-hydrogen) atoms. The molecule has 1 heterocycles. The quantitative estimate of drug-likeness (QED) is 0.323. The number of amides is 5. The average molecular weight is 672 g/mol. The van der Waals surface area contributed by atoms with Crippen LogP contribution in [0, 0.1) is 23.5 Å². The molecule has 1 aliphatic rings. The molecule has 4 N–H and O–H groups in total. The van der Waals surface area contributed by atoms with Crippen LogP contribution in [0.25, 0.3) is 0 Å². The van der Waals surface area contributed by atoms with Crippen molar-refractivity contribution in [1.82, 2.24) is 26.2 Å². The van der Waals surface area contributed by atoms with Crippen LogP contribution in [0.2, 0.25) is 0 Å². The van der Waals surface area contributed by atoms with E-state index in [1.165, 1.54) is 25.0 Å². The van der Waals surface area contributed by atoms with Crippen molar-refractivity contribution in [3.05, 3.63) is 65.2 Å². The third-order valence-corrected chi connectivity index (χ3v) is 8.19. The fourth-order valence-corrected chi connectivity index (χ4v) is 5.30. The van der Waals surface area contributed by atoms with Crippen molar-refractivity contribution in [3.63, 3.8) is 0 Å². The highest BCUT2D eigenvalue weighted by atomic mass is 19.2. The fraction of sp³-hybridized carbons (Fsp3) is 0.514. The summed E-state index contributed by atoms with van der Waals surface area (Å²) in [6, 6.07) is 6.68. The number of hydrogen-bond donors (Lipinski definition) is 4. The summed E-state index contributed by atoms with van der Waals surface area (Å²) in [4.78, 5) is 68.8. The van der Waals surface area contributed by atoms with Gasteiger partial charge >= 0.3 is 0 Å². The molecule has 11 nitrogen and oxygen atoms in total. The summed E-state index contributed by atoms with van der Waals surface area (Å²) >= 11 is 0. The van der Waals surface area contributed by atoms with Gasteiger partial charge in [0.15, 0.2) is 11.6 Å². The van der Waals surface area contributed by atoms with E-state index in [0.717, 1.165) is 17.7 Å². The molecule has 0 spiro atoms. The Morgan fingerprint density at radius 2 is 1.50 bits per heavy atom. The van der Waals surface area contributed by atoms with Crippen LogP contribution in [-0.2, 0) is 36.8 Å². The van der Waals surface area contributed by atoms with E-state index in [1.54, 1.807) is 24.3 Å². The normalized spacial score (nSPS) is 21.5. The van der Waals surface area contributed by atoms with E-state index in [-0.39, 0.29) is 44.1 Å². The van der Waals surface area contributed by atoms with Crippen LogP contribution in [-0.4, -0.2) is 78.8 Å². The van der Waals surface area contributed by atoms with Gasteiger partial charge in [-0.15, -0.1) is 0 Å². The number of hydrogen-bond acceptors (Lipinski definition) is 6. The van der Waals surface area contributed by atoms with Crippen molar-refractivity contribution in [2.24, 2.45) is 11.8 Å². The summed E-state index contributed by atoms with van der Waals surface area (Å²) in [5.74, 6) is -4.35. The highest BCUT2D eigenvalue weighted by Gasteiger charge is 2.32. The molecule has 0 aliphatic carbocycles. The zero-order chi connectivity index (χ0) is 35.5. The van der Waals surface area contributed by atoms with Crippen LogP contribution in [0.4, 0.5) is 8.78 Å². The van der Waals surface area contributed by atoms with Gasteiger partial charge in [0, 0.05) is 25.4 Å². The standard InChI is InChI=1S/C35H47F2N5O6/c1-20(2)15-28-35(47)40-29(17-24-7-11-25(48-6)12-8-24)34(46)38-22(5)33(45)41-30(21(3)4)18-42(19-31(43)39-28)32(44)14-10-23-9-13-26(36)27(37)16-23/h7-9,11-13,16,20-22,28-30H,10,14-15,17-19H2,1-6H3,(H,38,46)(H,39,43)(H,40,47)(H,41,45)/t22-,28+,29+,30-/m1/s1. The number of rotatable bonds is 9. The molecule has 3 rings (SSSR count). The molecule has 0 aromatic heterocycles. The average Bonchev–Trinajstić information content (AvgIpc) is 3.03. The van der Waals surface area contributed by atoms with Crippen LogP contribution in [0.5, 0.6) is 5.75 Å². The molecule has 0 bridgehead atoms. The minimum absolute atomic E-state index is 0.0157. The number of nitrogens with zero attached hydrogens (tertiary/aromatic N) is 1. The van der Waals surface area contributed by atoms with Crippen LogP contribution >= 0.6 is 0 Å². The zero-order valence-corrected chi connectivity index (χ0v) is 28.4. The summed E-state index contributed by atoms with van der Waals surface area (Å²) in [5, 5.41) is 11.1. The van der Waals surface area contributed by atoms with Crippen LogP contribution < -0.4 is 26.0 Å². The van der Waals surface area contributed by atoms with Gasteiger partial charge in [-0.1, -0.05) is 45.9 Å². The van der Waals surface area contributed by atoms with E-state index in [1.807, 2.05) is 27.7 Å². The lowest BCUT2D eigenvalue weighted by molar-refractivity contribution is -0.138. The molecule has 1 aliphatic heterocycles. The molecule has 0 saturated carbocycles. The van der Waals surface area contributed by atoms with E-state index in [4.69, 9.17) is 4.74 Å². The third kappa shape index (κ3) is 11.3. The Morgan fingerprint density at radius 3 is 2.10 bits per heavy atom. The zero-order valence-electron chi connectivity index (χ0n) is 28.4. The lowest BCUT2D eigenvalue weighted by Crippen LogP contribution is -2.57. The number of benzene rings is 2. The number of aryl methyl sites for hydroxylation is 1. The van der Waals surface area contributed by atoms with Crippen LogP contribution in [0.1, 0.15) is 58.6 Å². The molecule has 2 aromatic carbocycles. The smallest absolute Gasteiger partial charge is 0.243 e. The summed E-state index contributed by atoms with van der Waals surface area (Å²) in [6.45, 7) is 8.52.